The third-order valence-corrected chi connectivity index (χ3v) is 3.23. The topological polar surface area (TPSA) is 34.2 Å². The fraction of sp³-hybridized carbons (Fsp3) is 0.154. The zero-order valence-corrected chi connectivity index (χ0v) is 11.6. The first-order valence-electron chi connectivity index (χ1n) is 5.53. The molecule has 1 aromatic carbocycles. The second-order valence-corrected chi connectivity index (χ2v) is 4.56. The normalized spacial score (nSPS) is 10.5. The monoisotopic (exact) mass is 300 g/mol. The first kappa shape index (κ1) is 14.1. The summed E-state index contributed by atoms with van der Waals surface area (Å²) in [6.07, 6.45) is 1.48. The molecule has 0 radical (unpaired) electrons. The smallest absolute Gasteiger partial charge is 0.256 e. The minimum Gasteiger partial charge on any atom is -0.435 e. The number of rotatable bonds is 4. The molecule has 0 saturated heterocycles. The van der Waals surface area contributed by atoms with Gasteiger partial charge >= 0.3 is 0 Å². The molecule has 0 unspecified atom stereocenters. The quantitative estimate of drug-likeness (QED) is 0.925. The Kier molecular flexibility index (Phi) is 4.58. The molecule has 1 heterocycles. The maximum absolute atomic E-state index is 14.1. The molecule has 0 amide bonds. The van der Waals surface area contributed by atoms with Crippen LogP contribution in [0.1, 0.15) is 5.56 Å². The van der Waals surface area contributed by atoms with Crippen molar-refractivity contribution in [3.8, 4) is 11.6 Å². The highest BCUT2D eigenvalue weighted by atomic mass is 35.5. The molecule has 19 heavy (non-hydrogen) atoms. The van der Waals surface area contributed by atoms with Crippen LogP contribution in [0.5, 0.6) is 11.6 Å². The average Bonchev–Trinajstić information content (AvgIpc) is 2.40. The lowest BCUT2D eigenvalue weighted by molar-refractivity contribution is 0.418. The molecule has 1 aromatic heterocycles. The second kappa shape index (κ2) is 6.19. The molecule has 6 heteroatoms. The third kappa shape index (κ3) is 3.15. The zero-order chi connectivity index (χ0) is 13.8. The molecule has 100 valence electrons. The molecule has 0 aliphatic heterocycles. The Morgan fingerprint density at radius 1 is 1.32 bits per heavy atom. The average molecular weight is 301 g/mol. The molecule has 1 N–H and O–H groups in total. The van der Waals surface area contributed by atoms with Crippen LogP contribution in [0.15, 0.2) is 30.5 Å². The zero-order valence-electron chi connectivity index (χ0n) is 10.1. The highest BCUT2D eigenvalue weighted by molar-refractivity contribution is 6.42. The van der Waals surface area contributed by atoms with Gasteiger partial charge in [-0.1, -0.05) is 29.3 Å². The van der Waals surface area contributed by atoms with Crippen LogP contribution in [0, 0.1) is 5.82 Å². The van der Waals surface area contributed by atoms with Crippen molar-refractivity contribution in [1.29, 1.82) is 0 Å². The number of hydrogen-bond acceptors (Lipinski definition) is 3. The van der Waals surface area contributed by atoms with Gasteiger partial charge in [0.15, 0.2) is 5.82 Å². The molecule has 0 aliphatic carbocycles. The lowest BCUT2D eigenvalue weighted by Gasteiger charge is -2.10. The minimum atomic E-state index is -0.520. The molecule has 0 atom stereocenters. The van der Waals surface area contributed by atoms with Crippen LogP contribution in [-0.2, 0) is 6.54 Å². The van der Waals surface area contributed by atoms with E-state index in [0.29, 0.717) is 17.1 Å². The number of nitrogens with one attached hydrogen (secondary N) is 1. The molecule has 0 fully saturated rings. The van der Waals surface area contributed by atoms with Gasteiger partial charge in [-0.2, -0.15) is 0 Å². The van der Waals surface area contributed by atoms with Gasteiger partial charge in [-0.05, 0) is 25.2 Å². The SMILES string of the molecule is CNCc1ccnc(Oc2cccc(Cl)c2Cl)c1F. The maximum Gasteiger partial charge on any atom is 0.256 e. The Hall–Kier alpha value is -1.36. The number of halogens is 3. The molecule has 0 saturated carbocycles. The van der Waals surface area contributed by atoms with Crippen molar-refractivity contribution in [2.45, 2.75) is 6.54 Å². The van der Waals surface area contributed by atoms with E-state index in [1.165, 1.54) is 6.20 Å². The van der Waals surface area contributed by atoms with Crippen molar-refractivity contribution in [2.75, 3.05) is 7.05 Å². The van der Waals surface area contributed by atoms with Crippen LogP contribution in [0.4, 0.5) is 4.39 Å². The van der Waals surface area contributed by atoms with E-state index in [0.717, 1.165) is 0 Å². The van der Waals surface area contributed by atoms with Gasteiger partial charge in [0.05, 0.1) is 5.02 Å². The Morgan fingerprint density at radius 3 is 2.84 bits per heavy atom. The number of benzene rings is 1. The van der Waals surface area contributed by atoms with Crippen molar-refractivity contribution in [3.05, 3.63) is 51.9 Å². The largest absolute Gasteiger partial charge is 0.435 e. The number of hydrogen-bond donors (Lipinski definition) is 1. The summed E-state index contributed by atoms with van der Waals surface area (Å²) in [5.41, 5.74) is 0.464. The van der Waals surface area contributed by atoms with Crippen molar-refractivity contribution in [1.82, 2.24) is 10.3 Å². The lowest BCUT2D eigenvalue weighted by Crippen LogP contribution is -2.08. The summed E-state index contributed by atoms with van der Waals surface area (Å²) in [5.74, 6) is -0.382. The van der Waals surface area contributed by atoms with Crippen LogP contribution < -0.4 is 10.1 Å². The number of aromatic nitrogens is 1. The van der Waals surface area contributed by atoms with Crippen LogP contribution in [0.3, 0.4) is 0 Å². The number of pyridine rings is 1. The molecular weight excluding hydrogens is 290 g/mol. The van der Waals surface area contributed by atoms with E-state index < -0.39 is 5.82 Å². The van der Waals surface area contributed by atoms with Gasteiger partial charge in [-0.15, -0.1) is 0 Å². The lowest BCUT2D eigenvalue weighted by atomic mass is 10.2. The van der Waals surface area contributed by atoms with Crippen LogP contribution in [0.2, 0.25) is 10.0 Å². The second-order valence-electron chi connectivity index (χ2n) is 3.77. The highest BCUT2D eigenvalue weighted by Gasteiger charge is 2.13. The fourth-order valence-corrected chi connectivity index (χ4v) is 1.86. The summed E-state index contributed by atoms with van der Waals surface area (Å²) in [6.45, 7) is 0.383. The Morgan fingerprint density at radius 2 is 2.11 bits per heavy atom. The van der Waals surface area contributed by atoms with Crippen LogP contribution in [-0.4, -0.2) is 12.0 Å². The highest BCUT2D eigenvalue weighted by Crippen LogP contribution is 2.34. The van der Waals surface area contributed by atoms with Crippen molar-refractivity contribution < 1.29 is 9.13 Å². The van der Waals surface area contributed by atoms with E-state index in [1.807, 2.05) is 0 Å². The van der Waals surface area contributed by atoms with Crippen LogP contribution in [0.25, 0.3) is 0 Å². The number of nitrogens with zero attached hydrogens (tertiary/aromatic N) is 1. The van der Waals surface area contributed by atoms with E-state index in [4.69, 9.17) is 27.9 Å². The fourth-order valence-electron chi connectivity index (χ4n) is 1.53. The molecule has 3 nitrogen and oxygen atoms in total. The standard InChI is InChI=1S/C13H11Cl2FN2O/c1-17-7-8-5-6-18-13(12(8)16)19-10-4-2-3-9(14)11(10)15/h2-6,17H,7H2,1H3. The van der Waals surface area contributed by atoms with E-state index in [1.54, 1.807) is 31.3 Å². The van der Waals surface area contributed by atoms with Gasteiger partial charge < -0.3 is 10.1 Å². The minimum absolute atomic E-state index is 0.128. The molecule has 2 aromatic rings. The van der Waals surface area contributed by atoms with E-state index in [9.17, 15) is 4.39 Å². The Labute approximate surface area is 120 Å². The summed E-state index contributed by atoms with van der Waals surface area (Å²) in [5, 5.41) is 3.43. The predicted molar refractivity (Wildman–Crippen MR) is 73.5 cm³/mol. The van der Waals surface area contributed by atoms with E-state index >= 15 is 0 Å². The number of ether oxygens (including phenoxy) is 1. The Bertz CT molecular complexity index is 593. The summed E-state index contributed by atoms with van der Waals surface area (Å²) in [7, 11) is 1.73. The molecule has 0 bridgehead atoms. The van der Waals surface area contributed by atoms with Gasteiger partial charge in [-0.25, -0.2) is 9.37 Å². The summed E-state index contributed by atoms with van der Waals surface area (Å²) in [6, 6.07) is 6.47. The summed E-state index contributed by atoms with van der Waals surface area (Å²) >= 11 is 11.8. The first-order valence-corrected chi connectivity index (χ1v) is 6.29. The van der Waals surface area contributed by atoms with Crippen LogP contribution >= 0.6 is 23.2 Å². The third-order valence-electron chi connectivity index (χ3n) is 2.43. The van der Waals surface area contributed by atoms with Crippen molar-refractivity contribution in [2.24, 2.45) is 0 Å². The van der Waals surface area contributed by atoms with Crippen molar-refractivity contribution in [3.63, 3.8) is 0 Å². The molecule has 0 aliphatic rings. The molecular formula is C13H11Cl2FN2O. The van der Waals surface area contributed by atoms with E-state index in [-0.39, 0.29) is 16.7 Å². The Balaban J connectivity index is 2.33. The van der Waals surface area contributed by atoms with E-state index in [2.05, 4.69) is 10.3 Å². The maximum atomic E-state index is 14.1. The summed E-state index contributed by atoms with van der Waals surface area (Å²) in [4.78, 5) is 3.86. The summed E-state index contributed by atoms with van der Waals surface area (Å²) < 4.78 is 19.5. The van der Waals surface area contributed by atoms with Crippen molar-refractivity contribution >= 4 is 23.2 Å². The van der Waals surface area contributed by atoms with Gasteiger partial charge in [0, 0.05) is 18.3 Å². The van der Waals surface area contributed by atoms with Gasteiger partial charge in [0.25, 0.3) is 5.88 Å². The van der Waals surface area contributed by atoms with Gasteiger partial charge in [0.1, 0.15) is 10.8 Å². The predicted octanol–water partition coefficient (Wildman–Crippen LogP) is 4.04. The molecule has 0 spiro atoms. The van der Waals surface area contributed by atoms with Gasteiger partial charge in [0.2, 0.25) is 0 Å². The first-order chi connectivity index (χ1) is 9.13. The molecule has 2 rings (SSSR count). The van der Waals surface area contributed by atoms with Gasteiger partial charge in [-0.3, -0.25) is 0 Å².